The van der Waals surface area contributed by atoms with Gasteiger partial charge < -0.3 is 11.5 Å². The van der Waals surface area contributed by atoms with Crippen molar-refractivity contribution < 1.29 is 0 Å². The molecule has 2 nitrogen and oxygen atoms in total. The predicted octanol–water partition coefficient (Wildman–Crippen LogP) is 5.68. The lowest BCUT2D eigenvalue weighted by molar-refractivity contribution is 1.02. The zero-order valence-corrected chi connectivity index (χ0v) is 14.9. The Kier molecular flexibility index (Phi) is 3.51. The normalized spacial score (nSPS) is 14.6. The van der Waals surface area contributed by atoms with E-state index in [-0.39, 0.29) is 5.92 Å². The first-order chi connectivity index (χ1) is 13.2. The van der Waals surface area contributed by atoms with Crippen LogP contribution < -0.4 is 11.5 Å². The molecule has 0 spiro atoms. The summed E-state index contributed by atoms with van der Waals surface area (Å²) in [4.78, 5) is 0. The summed E-state index contributed by atoms with van der Waals surface area (Å²) in [6, 6.07) is 31.4. The van der Waals surface area contributed by atoms with Gasteiger partial charge in [-0.15, -0.1) is 0 Å². The van der Waals surface area contributed by atoms with Crippen molar-refractivity contribution in [1.29, 1.82) is 0 Å². The average Bonchev–Trinajstić information content (AvgIpc) is 3.02. The Morgan fingerprint density at radius 2 is 1.30 bits per heavy atom. The molecule has 1 unspecified atom stereocenters. The van der Waals surface area contributed by atoms with Crippen LogP contribution in [-0.4, -0.2) is 0 Å². The summed E-state index contributed by atoms with van der Waals surface area (Å²) < 4.78 is 0. The maximum Gasteiger partial charge on any atom is 0.0397 e. The van der Waals surface area contributed by atoms with E-state index in [1.807, 2.05) is 18.2 Å². The molecule has 1 atom stereocenters. The highest BCUT2D eigenvalue weighted by Gasteiger charge is 2.33. The summed E-state index contributed by atoms with van der Waals surface area (Å²) >= 11 is 0. The lowest BCUT2D eigenvalue weighted by atomic mass is 9.84. The Hall–Kier alpha value is -3.52. The van der Waals surface area contributed by atoms with Gasteiger partial charge in [-0.25, -0.2) is 0 Å². The number of hydrogen-bond acceptors (Lipinski definition) is 2. The minimum Gasteiger partial charge on any atom is -0.399 e. The SMILES string of the molecule is Nc1ccc2c(c1)C(c1ccccc1)c1c-2ccc(N)c1-c1ccccc1. The van der Waals surface area contributed by atoms with Crippen molar-refractivity contribution in [2.75, 3.05) is 11.5 Å². The van der Waals surface area contributed by atoms with Crippen LogP contribution in [0.2, 0.25) is 0 Å². The van der Waals surface area contributed by atoms with E-state index >= 15 is 0 Å². The second-order valence-electron chi connectivity index (χ2n) is 7.05. The van der Waals surface area contributed by atoms with Gasteiger partial charge in [-0.05, 0) is 51.6 Å². The van der Waals surface area contributed by atoms with E-state index in [2.05, 4.69) is 72.8 Å². The van der Waals surface area contributed by atoms with E-state index in [1.165, 1.54) is 27.8 Å². The van der Waals surface area contributed by atoms with Crippen molar-refractivity contribution in [1.82, 2.24) is 0 Å². The molecule has 5 rings (SSSR count). The van der Waals surface area contributed by atoms with Crippen molar-refractivity contribution in [3.63, 3.8) is 0 Å². The van der Waals surface area contributed by atoms with Crippen LogP contribution in [-0.2, 0) is 0 Å². The molecule has 2 heteroatoms. The monoisotopic (exact) mass is 348 g/mol. The quantitative estimate of drug-likeness (QED) is 0.403. The maximum atomic E-state index is 6.51. The van der Waals surface area contributed by atoms with E-state index in [1.54, 1.807) is 0 Å². The molecule has 130 valence electrons. The molecule has 0 amide bonds. The fourth-order valence-corrected chi connectivity index (χ4v) is 4.31. The maximum absolute atomic E-state index is 6.51. The fourth-order valence-electron chi connectivity index (χ4n) is 4.31. The smallest absolute Gasteiger partial charge is 0.0397 e. The number of nitrogen functional groups attached to an aromatic ring is 2. The van der Waals surface area contributed by atoms with Crippen LogP contribution in [0.1, 0.15) is 22.6 Å². The van der Waals surface area contributed by atoms with E-state index in [9.17, 15) is 0 Å². The predicted molar refractivity (Wildman–Crippen MR) is 114 cm³/mol. The van der Waals surface area contributed by atoms with Gasteiger partial charge in [-0.3, -0.25) is 0 Å². The average molecular weight is 348 g/mol. The topological polar surface area (TPSA) is 52.0 Å². The van der Waals surface area contributed by atoms with E-state index < -0.39 is 0 Å². The lowest BCUT2D eigenvalue weighted by Gasteiger charge is -2.20. The molecule has 4 N–H and O–H groups in total. The van der Waals surface area contributed by atoms with Crippen LogP contribution in [0.5, 0.6) is 0 Å². The molecule has 0 saturated carbocycles. The van der Waals surface area contributed by atoms with Gasteiger partial charge in [-0.2, -0.15) is 0 Å². The highest BCUT2D eigenvalue weighted by Crippen LogP contribution is 2.53. The first kappa shape index (κ1) is 15.7. The van der Waals surface area contributed by atoms with Gasteiger partial charge in [0, 0.05) is 22.9 Å². The summed E-state index contributed by atoms with van der Waals surface area (Å²) in [5.74, 6) is 0.124. The van der Waals surface area contributed by atoms with Crippen molar-refractivity contribution in [3.05, 3.63) is 108 Å². The highest BCUT2D eigenvalue weighted by atomic mass is 14.6. The molecule has 0 saturated heterocycles. The Morgan fingerprint density at radius 1 is 0.630 bits per heavy atom. The minimum atomic E-state index is 0.124. The number of rotatable bonds is 2. The molecule has 0 aromatic heterocycles. The van der Waals surface area contributed by atoms with Crippen LogP contribution in [0, 0.1) is 0 Å². The van der Waals surface area contributed by atoms with Crippen LogP contribution in [0.4, 0.5) is 11.4 Å². The second-order valence-corrected chi connectivity index (χ2v) is 7.05. The third-order valence-corrected chi connectivity index (χ3v) is 5.44. The Morgan fingerprint density at radius 3 is 2.04 bits per heavy atom. The fraction of sp³-hybridized carbons (Fsp3) is 0.0400. The molecule has 4 aromatic rings. The van der Waals surface area contributed by atoms with Crippen LogP contribution in [0.15, 0.2) is 91.0 Å². The van der Waals surface area contributed by atoms with Gasteiger partial charge in [0.05, 0.1) is 0 Å². The standard InChI is InChI=1S/C25H20N2/c26-18-11-12-19-20-13-14-22(27)24(17-9-5-2-6-10-17)25(20)23(21(19)15-18)16-7-3-1-4-8-16/h1-15,23H,26-27H2. The summed E-state index contributed by atoms with van der Waals surface area (Å²) in [6.45, 7) is 0. The van der Waals surface area contributed by atoms with Gasteiger partial charge in [0.2, 0.25) is 0 Å². The van der Waals surface area contributed by atoms with Crippen LogP contribution >= 0.6 is 0 Å². The van der Waals surface area contributed by atoms with E-state index in [0.717, 1.165) is 22.5 Å². The number of hydrogen-bond donors (Lipinski definition) is 2. The second kappa shape index (κ2) is 6.03. The zero-order valence-electron chi connectivity index (χ0n) is 14.9. The molecule has 0 bridgehead atoms. The summed E-state index contributed by atoms with van der Waals surface area (Å²) in [6.07, 6.45) is 0. The largest absolute Gasteiger partial charge is 0.399 e. The molecule has 1 aliphatic carbocycles. The third-order valence-electron chi connectivity index (χ3n) is 5.44. The van der Waals surface area contributed by atoms with Gasteiger partial charge in [0.1, 0.15) is 0 Å². The molecular formula is C25H20N2. The summed E-state index contributed by atoms with van der Waals surface area (Å²) in [5, 5.41) is 0. The number of benzene rings is 4. The Labute approximate surface area is 159 Å². The van der Waals surface area contributed by atoms with Crippen molar-refractivity contribution >= 4 is 11.4 Å². The Balaban J connectivity index is 1.87. The molecule has 0 heterocycles. The third kappa shape index (κ3) is 2.42. The van der Waals surface area contributed by atoms with Gasteiger partial charge in [-0.1, -0.05) is 72.8 Å². The van der Waals surface area contributed by atoms with Crippen molar-refractivity contribution in [3.8, 4) is 22.3 Å². The van der Waals surface area contributed by atoms with Gasteiger partial charge >= 0.3 is 0 Å². The van der Waals surface area contributed by atoms with Crippen molar-refractivity contribution in [2.45, 2.75) is 5.92 Å². The number of nitrogens with two attached hydrogens (primary N) is 2. The summed E-state index contributed by atoms with van der Waals surface area (Å²) in [5.41, 5.74) is 22.8. The molecule has 4 aromatic carbocycles. The molecule has 27 heavy (non-hydrogen) atoms. The number of anilines is 2. The first-order valence-electron chi connectivity index (χ1n) is 9.16. The van der Waals surface area contributed by atoms with Crippen LogP contribution in [0.3, 0.4) is 0 Å². The van der Waals surface area contributed by atoms with Gasteiger partial charge in [0.15, 0.2) is 0 Å². The molecule has 0 aliphatic heterocycles. The molecule has 0 fully saturated rings. The Bertz CT molecular complexity index is 1130. The minimum absolute atomic E-state index is 0.124. The summed E-state index contributed by atoms with van der Waals surface area (Å²) in [7, 11) is 0. The lowest BCUT2D eigenvalue weighted by Crippen LogP contribution is -2.03. The molecule has 0 radical (unpaired) electrons. The van der Waals surface area contributed by atoms with E-state index in [0.29, 0.717) is 0 Å². The van der Waals surface area contributed by atoms with Crippen LogP contribution in [0.25, 0.3) is 22.3 Å². The van der Waals surface area contributed by atoms with E-state index in [4.69, 9.17) is 11.5 Å². The van der Waals surface area contributed by atoms with Crippen molar-refractivity contribution in [2.24, 2.45) is 0 Å². The highest BCUT2D eigenvalue weighted by molar-refractivity contribution is 5.93. The number of fused-ring (bicyclic) bond motifs is 3. The first-order valence-corrected chi connectivity index (χ1v) is 9.16. The van der Waals surface area contributed by atoms with Gasteiger partial charge in [0.25, 0.3) is 0 Å². The molecular weight excluding hydrogens is 328 g/mol. The zero-order chi connectivity index (χ0) is 18.4. The molecule has 1 aliphatic rings.